The van der Waals surface area contributed by atoms with Gasteiger partial charge in [0.25, 0.3) is 0 Å². The first-order chi connectivity index (χ1) is 11.4. The van der Waals surface area contributed by atoms with Crippen molar-refractivity contribution in [3.63, 3.8) is 0 Å². The fourth-order valence-electron chi connectivity index (χ4n) is 2.82. The Morgan fingerprint density at radius 2 is 2.04 bits per heavy atom. The van der Waals surface area contributed by atoms with E-state index in [4.69, 9.17) is 5.11 Å². The van der Waals surface area contributed by atoms with Gasteiger partial charge in [0.05, 0.1) is 5.92 Å². The van der Waals surface area contributed by atoms with Crippen LogP contribution < -0.4 is 10.2 Å². The summed E-state index contributed by atoms with van der Waals surface area (Å²) in [5, 5.41) is 11.8. The number of urea groups is 1. The molecule has 0 aliphatic carbocycles. The number of carbonyl (C=O) groups excluding carboxylic acids is 1. The topological polar surface area (TPSA) is 85.8 Å². The van der Waals surface area contributed by atoms with Crippen LogP contribution in [0.25, 0.3) is 0 Å². The fourth-order valence-corrected chi connectivity index (χ4v) is 2.82. The van der Waals surface area contributed by atoms with E-state index in [1.54, 1.807) is 14.0 Å². The molecule has 0 aromatic carbocycles. The lowest BCUT2D eigenvalue weighted by Crippen LogP contribution is -2.40. The molecular formula is C17H26N4O3. The van der Waals surface area contributed by atoms with Gasteiger partial charge in [-0.2, -0.15) is 0 Å². The van der Waals surface area contributed by atoms with Gasteiger partial charge >= 0.3 is 12.0 Å². The minimum absolute atomic E-state index is 0.176. The molecule has 1 fully saturated rings. The number of hydrogen-bond donors (Lipinski definition) is 2. The third-order valence-electron chi connectivity index (χ3n) is 4.19. The first kappa shape index (κ1) is 18.0. The summed E-state index contributed by atoms with van der Waals surface area (Å²) >= 11 is 0. The molecule has 0 bridgehead atoms. The van der Waals surface area contributed by atoms with Crippen LogP contribution in [0.5, 0.6) is 0 Å². The standard InChI is InChI=1S/C17H26N4O3/c1-12(16(22)23)11-20(3)17(24)18-10-14-8-13(2)19-15(9-14)21-6-4-5-7-21/h8-9,12H,4-7,10-11H2,1-3H3,(H,18,24)(H,22,23). The molecule has 1 aliphatic rings. The van der Waals surface area contributed by atoms with E-state index in [-0.39, 0.29) is 12.6 Å². The van der Waals surface area contributed by atoms with Gasteiger partial charge in [-0.15, -0.1) is 0 Å². The highest BCUT2D eigenvalue weighted by Gasteiger charge is 2.18. The number of hydrogen-bond acceptors (Lipinski definition) is 4. The van der Waals surface area contributed by atoms with Crippen LogP contribution in [0.2, 0.25) is 0 Å². The summed E-state index contributed by atoms with van der Waals surface area (Å²) in [6.07, 6.45) is 2.38. The summed E-state index contributed by atoms with van der Waals surface area (Å²) < 4.78 is 0. The third-order valence-corrected chi connectivity index (χ3v) is 4.19. The lowest BCUT2D eigenvalue weighted by molar-refractivity contribution is -0.141. The van der Waals surface area contributed by atoms with E-state index in [1.807, 2.05) is 19.1 Å². The van der Waals surface area contributed by atoms with Crippen molar-refractivity contribution in [2.75, 3.05) is 31.6 Å². The number of amides is 2. The highest BCUT2D eigenvalue weighted by atomic mass is 16.4. The minimum atomic E-state index is -0.908. The summed E-state index contributed by atoms with van der Waals surface area (Å²) in [5.74, 6) is -0.537. The van der Waals surface area contributed by atoms with Gasteiger partial charge in [0.2, 0.25) is 0 Å². The highest BCUT2D eigenvalue weighted by Crippen LogP contribution is 2.20. The number of carboxylic acids is 1. The lowest BCUT2D eigenvalue weighted by atomic mass is 10.2. The number of nitrogens with zero attached hydrogens (tertiary/aromatic N) is 3. The van der Waals surface area contributed by atoms with Gasteiger partial charge in [-0.3, -0.25) is 4.79 Å². The molecule has 0 radical (unpaired) electrons. The molecule has 1 aromatic heterocycles. The van der Waals surface area contributed by atoms with E-state index in [1.165, 1.54) is 17.7 Å². The van der Waals surface area contributed by atoms with Crippen molar-refractivity contribution in [2.45, 2.75) is 33.2 Å². The summed E-state index contributed by atoms with van der Waals surface area (Å²) in [4.78, 5) is 31.2. The van der Waals surface area contributed by atoms with Crippen molar-refractivity contribution in [1.29, 1.82) is 0 Å². The number of aromatic nitrogens is 1. The summed E-state index contributed by atoms with van der Waals surface area (Å²) in [6.45, 7) is 6.16. The first-order valence-corrected chi connectivity index (χ1v) is 8.31. The zero-order valence-corrected chi connectivity index (χ0v) is 14.6. The van der Waals surface area contributed by atoms with E-state index in [9.17, 15) is 9.59 Å². The van der Waals surface area contributed by atoms with Crippen molar-refractivity contribution in [3.8, 4) is 0 Å². The molecule has 1 aromatic rings. The number of carboxylic acid groups (broad SMARTS) is 1. The van der Waals surface area contributed by atoms with Crippen LogP contribution in [0.1, 0.15) is 31.0 Å². The number of aryl methyl sites for hydroxylation is 1. The van der Waals surface area contributed by atoms with Gasteiger partial charge in [-0.25, -0.2) is 9.78 Å². The van der Waals surface area contributed by atoms with Crippen LogP contribution in [0.15, 0.2) is 12.1 Å². The Balaban J connectivity index is 1.93. The zero-order valence-electron chi connectivity index (χ0n) is 14.6. The highest BCUT2D eigenvalue weighted by molar-refractivity contribution is 5.75. The number of pyridine rings is 1. The molecule has 7 heteroatoms. The van der Waals surface area contributed by atoms with Crippen LogP contribution in [0, 0.1) is 12.8 Å². The average molecular weight is 334 g/mol. The van der Waals surface area contributed by atoms with E-state index in [0.717, 1.165) is 30.2 Å². The number of nitrogens with one attached hydrogen (secondary N) is 1. The summed E-state index contributed by atoms with van der Waals surface area (Å²) in [6, 6.07) is 3.69. The minimum Gasteiger partial charge on any atom is -0.481 e. The molecular weight excluding hydrogens is 308 g/mol. The Hall–Kier alpha value is -2.31. The van der Waals surface area contributed by atoms with Crippen LogP contribution in [-0.4, -0.2) is 53.7 Å². The van der Waals surface area contributed by atoms with Crippen molar-refractivity contribution in [2.24, 2.45) is 5.92 Å². The Morgan fingerprint density at radius 3 is 2.67 bits per heavy atom. The van der Waals surface area contributed by atoms with Gasteiger partial charge in [-0.05, 0) is 37.5 Å². The molecule has 1 unspecified atom stereocenters. The molecule has 1 aliphatic heterocycles. The lowest BCUT2D eigenvalue weighted by Gasteiger charge is -2.21. The number of anilines is 1. The van der Waals surface area contributed by atoms with Crippen molar-refractivity contribution in [3.05, 3.63) is 23.4 Å². The second-order valence-electron chi connectivity index (χ2n) is 6.45. The quantitative estimate of drug-likeness (QED) is 0.829. The normalized spacial score (nSPS) is 15.2. The number of rotatable bonds is 6. The summed E-state index contributed by atoms with van der Waals surface area (Å²) in [7, 11) is 1.60. The van der Waals surface area contributed by atoms with Crippen LogP contribution in [-0.2, 0) is 11.3 Å². The Labute approximate surface area is 142 Å². The van der Waals surface area contributed by atoms with Gasteiger partial charge in [0.15, 0.2) is 0 Å². The molecule has 2 rings (SSSR count). The zero-order chi connectivity index (χ0) is 17.7. The smallest absolute Gasteiger partial charge is 0.317 e. The van der Waals surface area contributed by atoms with Crippen LogP contribution in [0.3, 0.4) is 0 Å². The molecule has 0 saturated carbocycles. The molecule has 2 N–H and O–H groups in total. The number of carbonyl (C=O) groups is 2. The second-order valence-corrected chi connectivity index (χ2v) is 6.45. The van der Waals surface area contributed by atoms with Crippen molar-refractivity contribution < 1.29 is 14.7 Å². The molecule has 132 valence electrons. The molecule has 24 heavy (non-hydrogen) atoms. The first-order valence-electron chi connectivity index (χ1n) is 8.31. The SMILES string of the molecule is Cc1cc(CNC(=O)N(C)CC(C)C(=O)O)cc(N2CCCC2)n1. The van der Waals surface area contributed by atoms with E-state index < -0.39 is 11.9 Å². The predicted octanol–water partition coefficient (Wildman–Crippen LogP) is 1.85. The van der Waals surface area contributed by atoms with Crippen molar-refractivity contribution in [1.82, 2.24) is 15.2 Å². The second kappa shape index (κ2) is 7.99. The molecule has 1 saturated heterocycles. The molecule has 2 heterocycles. The van der Waals surface area contributed by atoms with Crippen LogP contribution >= 0.6 is 0 Å². The maximum atomic E-state index is 12.1. The van der Waals surface area contributed by atoms with Crippen molar-refractivity contribution >= 4 is 17.8 Å². The maximum absolute atomic E-state index is 12.1. The molecule has 2 amide bonds. The van der Waals surface area contributed by atoms with E-state index >= 15 is 0 Å². The molecule has 1 atom stereocenters. The predicted molar refractivity (Wildman–Crippen MR) is 92.1 cm³/mol. The molecule has 7 nitrogen and oxygen atoms in total. The maximum Gasteiger partial charge on any atom is 0.317 e. The fraction of sp³-hybridized carbons (Fsp3) is 0.588. The van der Waals surface area contributed by atoms with E-state index in [0.29, 0.717) is 6.54 Å². The van der Waals surface area contributed by atoms with Gasteiger partial charge in [-0.1, -0.05) is 6.92 Å². The Morgan fingerprint density at radius 1 is 1.38 bits per heavy atom. The summed E-state index contributed by atoms with van der Waals surface area (Å²) in [5.41, 5.74) is 1.92. The Bertz CT molecular complexity index is 599. The Kier molecular flexibility index (Phi) is 6.00. The number of aliphatic carboxylic acids is 1. The van der Waals surface area contributed by atoms with Crippen LogP contribution in [0.4, 0.5) is 10.6 Å². The van der Waals surface area contributed by atoms with Gasteiger partial charge < -0.3 is 20.2 Å². The molecule has 0 spiro atoms. The third kappa shape index (κ3) is 4.84. The monoisotopic (exact) mass is 334 g/mol. The van der Waals surface area contributed by atoms with E-state index in [2.05, 4.69) is 15.2 Å². The van der Waals surface area contributed by atoms with Gasteiger partial charge in [0, 0.05) is 38.9 Å². The van der Waals surface area contributed by atoms with Gasteiger partial charge in [0.1, 0.15) is 5.82 Å². The average Bonchev–Trinajstić information content (AvgIpc) is 3.06. The largest absolute Gasteiger partial charge is 0.481 e.